The first-order valence-corrected chi connectivity index (χ1v) is 12.6. The van der Waals surface area contributed by atoms with Crippen LogP contribution in [0.15, 0.2) is 96.6 Å². The standard InChI is InChI=1S/C32H31NO4/c1-4-26(25-18-12-7-13-19-25)28-29(33(31(28)34)20-23-14-8-5-9-15-23)30(27-22-36-32(2,3)37-27)35-21-24-16-10-6-11-17-24/h1,5-19,27,29-30H,20-22H2,2-3H3/b28-26-. The molecule has 0 aromatic heterocycles. The molecule has 2 aliphatic rings. The number of benzene rings is 3. The summed E-state index contributed by atoms with van der Waals surface area (Å²) in [6.45, 7) is 4.97. The van der Waals surface area contributed by atoms with Gasteiger partial charge in [-0.15, -0.1) is 6.42 Å². The van der Waals surface area contributed by atoms with Gasteiger partial charge in [0.1, 0.15) is 12.2 Å². The Balaban J connectivity index is 1.56. The number of hydrogen-bond donors (Lipinski definition) is 0. The van der Waals surface area contributed by atoms with Crippen molar-refractivity contribution < 1.29 is 19.0 Å². The number of amides is 1. The third-order valence-electron chi connectivity index (χ3n) is 6.79. The highest BCUT2D eigenvalue weighted by molar-refractivity contribution is 6.11. The molecule has 3 unspecified atom stereocenters. The number of terminal acetylenes is 1. The van der Waals surface area contributed by atoms with Crippen molar-refractivity contribution in [3.63, 3.8) is 0 Å². The fourth-order valence-corrected chi connectivity index (χ4v) is 5.01. The van der Waals surface area contributed by atoms with Gasteiger partial charge in [0.15, 0.2) is 5.79 Å². The third kappa shape index (κ3) is 5.38. The summed E-state index contributed by atoms with van der Waals surface area (Å²) < 4.78 is 18.8. The van der Waals surface area contributed by atoms with Crippen molar-refractivity contribution in [3.8, 4) is 12.3 Å². The summed E-state index contributed by atoms with van der Waals surface area (Å²) in [5, 5.41) is 0. The predicted octanol–water partition coefficient (Wildman–Crippen LogP) is 5.22. The van der Waals surface area contributed by atoms with Crippen molar-refractivity contribution >= 4 is 11.5 Å². The van der Waals surface area contributed by atoms with Gasteiger partial charge < -0.3 is 19.1 Å². The molecule has 0 aliphatic carbocycles. The van der Waals surface area contributed by atoms with Crippen LogP contribution in [0, 0.1) is 12.3 Å². The van der Waals surface area contributed by atoms with E-state index in [1.807, 2.05) is 110 Å². The highest BCUT2D eigenvalue weighted by Crippen LogP contribution is 2.40. The summed E-state index contributed by atoms with van der Waals surface area (Å²) in [7, 11) is 0. The first-order valence-electron chi connectivity index (χ1n) is 12.6. The Bertz CT molecular complexity index is 1290. The summed E-state index contributed by atoms with van der Waals surface area (Å²) in [5.74, 6) is 1.98. The Morgan fingerprint density at radius 2 is 1.59 bits per heavy atom. The highest BCUT2D eigenvalue weighted by atomic mass is 16.7. The zero-order valence-electron chi connectivity index (χ0n) is 21.2. The zero-order valence-corrected chi connectivity index (χ0v) is 21.2. The molecule has 3 aromatic rings. The number of carbonyl (C=O) groups excluding carboxylic acids is 1. The molecule has 0 bridgehead atoms. The van der Waals surface area contributed by atoms with E-state index in [9.17, 15) is 4.79 Å². The number of hydrogen-bond acceptors (Lipinski definition) is 4. The molecular formula is C32H31NO4. The molecule has 0 N–H and O–H groups in total. The fourth-order valence-electron chi connectivity index (χ4n) is 5.01. The van der Waals surface area contributed by atoms with Gasteiger partial charge in [-0.2, -0.15) is 0 Å². The molecule has 3 atom stereocenters. The second kappa shape index (κ2) is 10.7. The summed E-state index contributed by atoms with van der Waals surface area (Å²) in [6, 6.07) is 29.2. The number of β-lactam (4-membered cyclic amide) rings is 1. The fraction of sp³-hybridized carbons (Fsp3) is 0.281. The van der Waals surface area contributed by atoms with Gasteiger partial charge in [0.2, 0.25) is 0 Å². The topological polar surface area (TPSA) is 48.0 Å². The maximum Gasteiger partial charge on any atom is 0.254 e. The minimum absolute atomic E-state index is 0.0860. The molecule has 2 aliphatic heterocycles. The van der Waals surface area contributed by atoms with Crippen molar-refractivity contribution in [1.82, 2.24) is 4.90 Å². The Labute approximate surface area is 218 Å². The lowest BCUT2D eigenvalue weighted by molar-refractivity contribution is -0.173. The second-order valence-electron chi connectivity index (χ2n) is 9.79. The molecule has 2 heterocycles. The Morgan fingerprint density at radius 1 is 1.00 bits per heavy atom. The lowest BCUT2D eigenvalue weighted by atomic mass is 9.81. The number of likely N-dealkylation sites (tertiary alicyclic amines) is 1. The van der Waals surface area contributed by atoms with E-state index in [1.54, 1.807) is 0 Å². The monoisotopic (exact) mass is 493 g/mol. The average molecular weight is 494 g/mol. The maximum atomic E-state index is 13.7. The SMILES string of the molecule is C#C/C(=C1/C(=O)N(Cc2ccccc2)C1C(OCc1ccccc1)C1COC(C)(C)O1)c1ccccc1. The van der Waals surface area contributed by atoms with E-state index in [0.29, 0.717) is 30.9 Å². The van der Waals surface area contributed by atoms with Crippen molar-refractivity contribution in [1.29, 1.82) is 0 Å². The molecule has 2 saturated heterocycles. The van der Waals surface area contributed by atoms with Crippen LogP contribution >= 0.6 is 0 Å². The molecule has 188 valence electrons. The molecule has 2 fully saturated rings. The normalized spacial score (nSPS) is 22.7. The average Bonchev–Trinajstić information content (AvgIpc) is 3.30. The predicted molar refractivity (Wildman–Crippen MR) is 143 cm³/mol. The van der Waals surface area contributed by atoms with Crippen molar-refractivity contribution in [2.75, 3.05) is 6.61 Å². The van der Waals surface area contributed by atoms with Crippen molar-refractivity contribution in [3.05, 3.63) is 113 Å². The number of allylic oxidation sites excluding steroid dienone is 1. The van der Waals surface area contributed by atoms with E-state index < -0.39 is 17.9 Å². The van der Waals surface area contributed by atoms with Crippen LogP contribution in [0.4, 0.5) is 0 Å². The van der Waals surface area contributed by atoms with Crippen LogP contribution in [0.2, 0.25) is 0 Å². The van der Waals surface area contributed by atoms with Crippen LogP contribution < -0.4 is 0 Å². The van der Waals surface area contributed by atoms with Gasteiger partial charge in [0.25, 0.3) is 5.91 Å². The van der Waals surface area contributed by atoms with Crippen LogP contribution in [-0.2, 0) is 32.2 Å². The highest BCUT2D eigenvalue weighted by Gasteiger charge is 2.53. The van der Waals surface area contributed by atoms with E-state index in [-0.39, 0.29) is 12.0 Å². The quantitative estimate of drug-likeness (QED) is 0.245. The second-order valence-corrected chi connectivity index (χ2v) is 9.79. The summed E-state index contributed by atoms with van der Waals surface area (Å²) >= 11 is 0. The van der Waals surface area contributed by atoms with Crippen LogP contribution in [0.25, 0.3) is 5.57 Å². The molecule has 3 aromatic carbocycles. The minimum atomic E-state index is -0.741. The number of nitrogens with zero attached hydrogens (tertiary/aromatic N) is 1. The minimum Gasteiger partial charge on any atom is -0.368 e. The summed E-state index contributed by atoms with van der Waals surface area (Å²) in [6.07, 6.45) is 5.17. The largest absolute Gasteiger partial charge is 0.368 e. The van der Waals surface area contributed by atoms with Crippen LogP contribution in [0.3, 0.4) is 0 Å². The van der Waals surface area contributed by atoms with Gasteiger partial charge in [-0.3, -0.25) is 4.79 Å². The van der Waals surface area contributed by atoms with Crippen LogP contribution in [-0.4, -0.2) is 41.5 Å². The molecule has 5 rings (SSSR count). The number of ether oxygens (including phenoxy) is 3. The Hall–Kier alpha value is -3.69. The molecule has 1 amide bonds. The van der Waals surface area contributed by atoms with Gasteiger partial charge in [-0.1, -0.05) is 96.9 Å². The molecule has 5 heteroatoms. The third-order valence-corrected chi connectivity index (χ3v) is 6.79. The number of rotatable bonds is 8. The van der Waals surface area contributed by atoms with E-state index in [4.69, 9.17) is 20.6 Å². The smallest absolute Gasteiger partial charge is 0.254 e. The van der Waals surface area contributed by atoms with Crippen molar-refractivity contribution in [2.24, 2.45) is 0 Å². The zero-order chi connectivity index (χ0) is 25.8. The van der Waals surface area contributed by atoms with Gasteiger partial charge in [-0.25, -0.2) is 0 Å². The molecule has 0 radical (unpaired) electrons. The Morgan fingerprint density at radius 3 is 2.16 bits per heavy atom. The number of carbonyl (C=O) groups is 1. The summed E-state index contributed by atoms with van der Waals surface area (Å²) in [4.78, 5) is 15.6. The van der Waals surface area contributed by atoms with E-state index >= 15 is 0 Å². The van der Waals surface area contributed by atoms with E-state index in [0.717, 1.165) is 16.7 Å². The maximum absolute atomic E-state index is 13.7. The first kappa shape index (κ1) is 25.0. The molecule has 0 saturated carbocycles. The van der Waals surface area contributed by atoms with Gasteiger partial charge >= 0.3 is 0 Å². The van der Waals surface area contributed by atoms with Crippen LogP contribution in [0.1, 0.15) is 30.5 Å². The lowest BCUT2D eigenvalue weighted by Crippen LogP contribution is -2.63. The van der Waals surface area contributed by atoms with E-state index in [2.05, 4.69) is 5.92 Å². The van der Waals surface area contributed by atoms with Crippen LogP contribution in [0.5, 0.6) is 0 Å². The van der Waals surface area contributed by atoms with Gasteiger partial charge in [0, 0.05) is 12.1 Å². The molecule has 5 nitrogen and oxygen atoms in total. The molecule has 37 heavy (non-hydrogen) atoms. The Kier molecular flexibility index (Phi) is 7.25. The van der Waals surface area contributed by atoms with Crippen molar-refractivity contribution in [2.45, 2.75) is 51.0 Å². The van der Waals surface area contributed by atoms with Gasteiger partial charge in [-0.05, 0) is 30.5 Å². The van der Waals surface area contributed by atoms with E-state index in [1.165, 1.54) is 0 Å². The van der Waals surface area contributed by atoms with Gasteiger partial charge in [0.05, 0.1) is 24.8 Å². The summed E-state index contributed by atoms with van der Waals surface area (Å²) in [5.41, 5.74) is 4.08. The molecular weight excluding hydrogens is 462 g/mol. The lowest BCUT2D eigenvalue weighted by Gasteiger charge is -2.48. The first-order chi connectivity index (χ1) is 18.0. The molecule has 0 spiro atoms.